The normalized spacial score (nSPS) is 10.0. The molecule has 0 atom stereocenters. The van der Waals surface area contributed by atoms with Crippen molar-refractivity contribution in [1.29, 1.82) is 0 Å². The largest absolute Gasteiger partial charge is 0.503 e. The first kappa shape index (κ1) is 13.2. The highest BCUT2D eigenvalue weighted by atomic mass is 35.5. The van der Waals surface area contributed by atoms with Gasteiger partial charge in [-0.25, -0.2) is 4.98 Å². The van der Waals surface area contributed by atoms with Crippen LogP contribution in [-0.4, -0.2) is 23.1 Å². The summed E-state index contributed by atoms with van der Waals surface area (Å²) in [4.78, 5) is 15.8. The third kappa shape index (κ3) is 2.95. The van der Waals surface area contributed by atoms with Crippen molar-refractivity contribution in [3.8, 4) is 11.5 Å². The van der Waals surface area contributed by atoms with Gasteiger partial charge in [0.2, 0.25) is 0 Å². The number of nitrogens with zero attached hydrogens (tertiary/aromatic N) is 1. The summed E-state index contributed by atoms with van der Waals surface area (Å²) >= 11 is 5.75. The Kier molecular flexibility index (Phi) is 3.87. The van der Waals surface area contributed by atoms with Crippen LogP contribution in [0.2, 0.25) is 5.02 Å². The van der Waals surface area contributed by atoms with Gasteiger partial charge < -0.3 is 15.2 Å². The van der Waals surface area contributed by atoms with Crippen molar-refractivity contribution >= 4 is 23.2 Å². The number of carbonyl (C=O) groups is 1. The van der Waals surface area contributed by atoms with E-state index in [2.05, 4.69) is 10.3 Å². The fraction of sp³-hybridized carbons (Fsp3) is 0.0769. The number of ether oxygens (including phenoxy) is 1. The molecule has 1 heterocycles. The second kappa shape index (κ2) is 5.58. The minimum absolute atomic E-state index is 0.103. The predicted octanol–water partition coefficient (Wildman–Crippen LogP) is 2.70. The summed E-state index contributed by atoms with van der Waals surface area (Å²) in [6.45, 7) is 0. The fourth-order valence-corrected chi connectivity index (χ4v) is 1.62. The van der Waals surface area contributed by atoms with Gasteiger partial charge in [0.1, 0.15) is 0 Å². The van der Waals surface area contributed by atoms with Gasteiger partial charge in [-0.1, -0.05) is 11.6 Å². The molecule has 0 unspecified atom stereocenters. The number of amides is 1. The molecular weight excluding hydrogens is 268 g/mol. The van der Waals surface area contributed by atoms with Crippen LogP contribution >= 0.6 is 11.6 Å². The van der Waals surface area contributed by atoms with Gasteiger partial charge in [-0.05, 0) is 24.3 Å². The molecular formula is C13H11ClN2O3. The molecule has 1 amide bonds. The maximum Gasteiger partial charge on any atom is 0.278 e. The standard InChI is InChI=1S/C13H11ClN2O3/c1-19-10-6-7-15-11(12(10)17)13(18)16-9-4-2-8(14)3-5-9/h2-7,17H,1H3,(H,16,18). The van der Waals surface area contributed by atoms with Crippen molar-refractivity contribution in [2.45, 2.75) is 0 Å². The van der Waals surface area contributed by atoms with E-state index >= 15 is 0 Å². The number of hydrogen-bond donors (Lipinski definition) is 2. The number of aromatic hydroxyl groups is 1. The Morgan fingerprint density at radius 3 is 2.63 bits per heavy atom. The number of anilines is 1. The molecule has 98 valence electrons. The summed E-state index contributed by atoms with van der Waals surface area (Å²) in [5.74, 6) is -0.633. The summed E-state index contributed by atoms with van der Waals surface area (Å²) < 4.78 is 4.91. The van der Waals surface area contributed by atoms with Crippen LogP contribution in [0, 0.1) is 0 Å². The summed E-state index contributed by atoms with van der Waals surface area (Å²) in [6, 6.07) is 8.06. The Hall–Kier alpha value is -2.27. The fourth-order valence-electron chi connectivity index (χ4n) is 1.49. The van der Waals surface area contributed by atoms with Gasteiger partial charge in [0, 0.05) is 23.0 Å². The molecule has 0 aliphatic heterocycles. The predicted molar refractivity (Wildman–Crippen MR) is 71.9 cm³/mol. The van der Waals surface area contributed by atoms with E-state index in [1.807, 2.05) is 0 Å². The van der Waals surface area contributed by atoms with E-state index in [9.17, 15) is 9.90 Å². The summed E-state index contributed by atoms with van der Waals surface area (Å²) in [6.07, 6.45) is 1.38. The maximum atomic E-state index is 12.0. The van der Waals surface area contributed by atoms with Gasteiger partial charge in [-0.3, -0.25) is 4.79 Å². The number of methoxy groups -OCH3 is 1. The van der Waals surface area contributed by atoms with Gasteiger partial charge >= 0.3 is 0 Å². The lowest BCUT2D eigenvalue weighted by Gasteiger charge is -2.08. The molecule has 0 saturated heterocycles. The number of aromatic nitrogens is 1. The molecule has 0 spiro atoms. The van der Waals surface area contributed by atoms with Crippen molar-refractivity contribution in [3.05, 3.63) is 47.2 Å². The van der Waals surface area contributed by atoms with Crippen LogP contribution in [0.3, 0.4) is 0 Å². The van der Waals surface area contributed by atoms with Crippen molar-refractivity contribution in [3.63, 3.8) is 0 Å². The SMILES string of the molecule is COc1ccnc(C(=O)Nc2ccc(Cl)cc2)c1O. The first-order valence-electron chi connectivity index (χ1n) is 5.40. The zero-order valence-corrected chi connectivity index (χ0v) is 10.8. The van der Waals surface area contributed by atoms with E-state index < -0.39 is 5.91 Å². The molecule has 0 fully saturated rings. The third-order valence-corrected chi connectivity index (χ3v) is 2.68. The number of carbonyl (C=O) groups excluding carboxylic acids is 1. The smallest absolute Gasteiger partial charge is 0.278 e. The number of pyridine rings is 1. The molecule has 2 aromatic rings. The van der Waals surface area contributed by atoms with E-state index in [0.717, 1.165) is 0 Å². The third-order valence-electron chi connectivity index (χ3n) is 2.42. The van der Waals surface area contributed by atoms with Gasteiger partial charge in [0.25, 0.3) is 5.91 Å². The molecule has 6 heteroatoms. The molecule has 2 N–H and O–H groups in total. The maximum absolute atomic E-state index is 12.0. The number of rotatable bonds is 3. The monoisotopic (exact) mass is 278 g/mol. The number of benzene rings is 1. The molecule has 0 saturated carbocycles. The van der Waals surface area contributed by atoms with Crippen molar-refractivity contribution < 1.29 is 14.6 Å². The lowest BCUT2D eigenvalue weighted by Crippen LogP contribution is -2.14. The zero-order valence-electron chi connectivity index (χ0n) is 10.1. The van der Waals surface area contributed by atoms with Crippen LogP contribution in [0.5, 0.6) is 11.5 Å². The number of halogens is 1. The first-order chi connectivity index (χ1) is 9.11. The summed E-state index contributed by atoms with van der Waals surface area (Å²) in [5, 5.41) is 13.0. The van der Waals surface area contributed by atoms with Crippen molar-refractivity contribution in [2.24, 2.45) is 0 Å². The summed E-state index contributed by atoms with van der Waals surface area (Å²) in [7, 11) is 1.40. The molecule has 0 aliphatic carbocycles. The topological polar surface area (TPSA) is 71.5 Å². The Bertz CT molecular complexity index is 599. The molecule has 1 aromatic heterocycles. The Morgan fingerprint density at radius 2 is 2.00 bits per heavy atom. The molecule has 0 radical (unpaired) electrons. The van der Waals surface area contributed by atoms with E-state index in [-0.39, 0.29) is 17.2 Å². The lowest BCUT2D eigenvalue weighted by atomic mass is 10.2. The van der Waals surface area contributed by atoms with Gasteiger partial charge in [0.15, 0.2) is 17.2 Å². The van der Waals surface area contributed by atoms with Crippen LogP contribution in [0.25, 0.3) is 0 Å². The molecule has 1 aromatic carbocycles. The second-order valence-corrected chi connectivity index (χ2v) is 4.11. The molecule has 0 aliphatic rings. The second-order valence-electron chi connectivity index (χ2n) is 3.67. The molecule has 2 rings (SSSR count). The highest BCUT2D eigenvalue weighted by Crippen LogP contribution is 2.28. The first-order valence-corrected chi connectivity index (χ1v) is 5.78. The lowest BCUT2D eigenvalue weighted by molar-refractivity contribution is 0.101. The van der Waals surface area contributed by atoms with Crippen LogP contribution in [0.15, 0.2) is 36.5 Å². The van der Waals surface area contributed by atoms with Crippen LogP contribution < -0.4 is 10.1 Å². The van der Waals surface area contributed by atoms with Crippen LogP contribution in [0.4, 0.5) is 5.69 Å². The highest BCUT2D eigenvalue weighted by molar-refractivity contribution is 6.30. The van der Waals surface area contributed by atoms with Gasteiger partial charge in [-0.2, -0.15) is 0 Å². The van der Waals surface area contributed by atoms with E-state index in [1.54, 1.807) is 24.3 Å². The van der Waals surface area contributed by atoms with Crippen LogP contribution in [-0.2, 0) is 0 Å². The zero-order chi connectivity index (χ0) is 13.8. The minimum atomic E-state index is -0.529. The Labute approximate surface area is 114 Å². The molecule has 0 bridgehead atoms. The Balaban J connectivity index is 2.23. The van der Waals surface area contributed by atoms with E-state index in [1.165, 1.54) is 19.4 Å². The van der Waals surface area contributed by atoms with Crippen molar-refractivity contribution in [1.82, 2.24) is 4.98 Å². The average molecular weight is 279 g/mol. The minimum Gasteiger partial charge on any atom is -0.503 e. The highest BCUT2D eigenvalue weighted by Gasteiger charge is 2.16. The van der Waals surface area contributed by atoms with E-state index in [4.69, 9.17) is 16.3 Å². The quantitative estimate of drug-likeness (QED) is 0.905. The van der Waals surface area contributed by atoms with E-state index in [0.29, 0.717) is 10.7 Å². The Morgan fingerprint density at radius 1 is 1.32 bits per heavy atom. The van der Waals surface area contributed by atoms with Crippen LogP contribution in [0.1, 0.15) is 10.5 Å². The summed E-state index contributed by atoms with van der Waals surface area (Å²) in [5.41, 5.74) is 0.452. The van der Waals surface area contributed by atoms with Gasteiger partial charge in [0.05, 0.1) is 7.11 Å². The number of hydrogen-bond acceptors (Lipinski definition) is 4. The average Bonchev–Trinajstić information content (AvgIpc) is 2.41. The van der Waals surface area contributed by atoms with Gasteiger partial charge in [-0.15, -0.1) is 0 Å². The van der Waals surface area contributed by atoms with Crippen molar-refractivity contribution in [2.75, 3.05) is 12.4 Å². The number of nitrogens with one attached hydrogen (secondary N) is 1. The molecule has 5 nitrogen and oxygen atoms in total. The molecule has 19 heavy (non-hydrogen) atoms.